The van der Waals surface area contributed by atoms with Gasteiger partial charge >= 0.3 is 0 Å². The van der Waals surface area contributed by atoms with Gasteiger partial charge in [-0.25, -0.2) is 0 Å². The summed E-state index contributed by atoms with van der Waals surface area (Å²) in [6.07, 6.45) is 3.51. The summed E-state index contributed by atoms with van der Waals surface area (Å²) >= 11 is 0. The van der Waals surface area contributed by atoms with E-state index in [0.717, 1.165) is 42.9 Å². The highest BCUT2D eigenvalue weighted by molar-refractivity contribution is 5.92. The first-order chi connectivity index (χ1) is 12.8. The van der Waals surface area contributed by atoms with Crippen molar-refractivity contribution in [1.29, 1.82) is 0 Å². The molecule has 1 fully saturated rings. The zero-order chi connectivity index (χ0) is 17.8. The number of H-pyrrole nitrogens is 1. The van der Waals surface area contributed by atoms with Crippen molar-refractivity contribution in [2.24, 2.45) is 5.92 Å². The standard InChI is InChI=1S/C21H22N4O/c26-21(23-18-4-2-1-3-5-18)17-11-14-25(15-12-17)19-8-6-16(7-9-19)20-10-13-22-24-20/h1-10,13,17H,11-12,14-15H2,(H,22,24)(H,23,26). The Morgan fingerprint density at radius 1 is 1.00 bits per heavy atom. The van der Waals surface area contributed by atoms with Crippen molar-refractivity contribution in [3.05, 3.63) is 66.9 Å². The number of benzene rings is 2. The Morgan fingerprint density at radius 2 is 1.73 bits per heavy atom. The summed E-state index contributed by atoms with van der Waals surface area (Å²) in [5, 5.41) is 10.00. The first kappa shape index (κ1) is 16.4. The molecule has 1 saturated heterocycles. The Labute approximate surface area is 153 Å². The van der Waals surface area contributed by atoms with Crippen molar-refractivity contribution in [3.8, 4) is 11.3 Å². The summed E-state index contributed by atoms with van der Waals surface area (Å²) in [6.45, 7) is 1.80. The minimum Gasteiger partial charge on any atom is -0.371 e. The maximum Gasteiger partial charge on any atom is 0.227 e. The fourth-order valence-corrected chi connectivity index (χ4v) is 3.43. The lowest BCUT2D eigenvalue weighted by atomic mass is 9.95. The van der Waals surface area contributed by atoms with E-state index in [1.165, 1.54) is 5.69 Å². The number of hydrogen-bond donors (Lipinski definition) is 2. The molecule has 3 aromatic rings. The van der Waals surface area contributed by atoms with Crippen LogP contribution in [0.2, 0.25) is 0 Å². The molecule has 2 aromatic carbocycles. The van der Waals surface area contributed by atoms with E-state index in [4.69, 9.17) is 0 Å². The maximum atomic E-state index is 12.4. The van der Waals surface area contributed by atoms with Crippen LogP contribution in [0.25, 0.3) is 11.3 Å². The minimum atomic E-state index is 0.0794. The number of hydrogen-bond acceptors (Lipinski definition) is 3. The van der Waals surface area contributed by atoms with Crippen LogP contribution >= 0.6 is 0 Å². The smallest absolute Gasteiger partial charge is 0.227 e. The molecular weight excluding hydrogens is 324 g/mol. The lowest BCUT2D eigenvalue weighted by Crippen LogP contribution is -2.38. The SMILES string of the molecule is O=C(Nc1ccccc1)C1CCN(c2ccc(-c3ccn[nH]3)cc2)CC1. The van der Waals surface area contributed by atoms with E-state index in [1.807, 2.05) is 36.4 Å². The van der Waals surface area contributed by atoms with Crippen LogP contribution < -0.4 is 10.2 Å². The molecule has 0 spiro atoms. The van der Waals surface area contributed by atoms with Crippen molar-refractivity contribution in [2.45, 2.75) is 12.8 Å². The van der Waals surface area contributed by atoms with Crippen molar-refractivity contribution in [3.63, 3.8) is 0 Å². The summed E-state index contributed by atoms with van der Waals surface area (Å²) in [4.78, 5) is 14.8. The Kier molecular flexibility index (Phi) is 4.69. The number of aromatic amines is 1. The first-order valence-corrected chi connectivity index (χ1v) is 9.00. The predicted molar refractivity (Wildman–Crippen MR) is 104 cm³/mol. The Hall–Kier alpha value is -3.08. The highest BCUT2D eigenvalue weighted by Gasteiger charge is 2.25. The number of nitrogens with one attached hydrogen (secondary N) is 2. The molecule has 5 heteroatoms. The normalized spacial score (nSPS) is 15.0. The quantitative estimate of drug-likeness (QED) is 0.752. The number of nitrogens with zero attached hydrogens (tertiary/aromatic N) is 2. The van der Waals surface area contributed by atoms with Crippen molar-refractivity contribution in [1.82, 2.24) is 10.2 Å². The van der Waals surface area contributed by atoms with Gasteiger partial charge in [-0.15, -0.1) is 0 Å². The molecule has 5 nitrogen and oxygen atoms in total. The van der Waals surface area contributed by atoms with E-state index >= 15 is 0 Å². The third-order valence-electron chi connectivity index (χ3n) is 4.95. The number of para-hydroxylation sites is 1. The van der Waals surface area contributed by atoms with Crippen LogP contribution in [0, 0.1) is 5.92 Å². The molecule has 0 unspecified atom stereocenters. The van der Waals surface area contributed by atoms with Gasteiger partial charge in [0.2, 0.25) is 5.91 Å². The maximum absolute atomic E-state index is 12.4. The molecule has 1 aromatic heterocycles. The van der Waals surface area contributed by atoms with Crippen LogP contribution in [0.15, 0.2) is 66.9 Å². The van der Waals surface area contributed by atoms with Gasteiger partial charge in [0.25, 0.3) is 0 Å². The highest BCUT2D eigenvalue weighted by Crippen LogP contribution is 2.26. The summed E-state index contributed by atoms with van der Waals surface area (Å²) < 4.78 is 0. The van der Waals surface area contributed by atoms with Crippen LogP contribution in [-0.4, -0.2) is 29.2 Å². The summed E-state index contributed by atoms with van der Waals surface area (Å²) in [5.41, 5.74) is 4.22. The molecular formula is C21H22N4O. The minimum absolute atomic E-state index is 0.0794. The third kappa shape index (κ3) is 3.61. The zero-order valence-electron chi connectivity index (χ0n) is 14.6. The number of carbonyl (C=O) groups excluding carboxylic acids is 1. The van der Waals surface area contributed by atoms with E-state index in [2.05, 4.69) is 44.7 Å². The van der Waals surface area contributed by atoms with E-state index < -0.39 is 0 Å². The molecule has 0 atom stereocenters. The number of amides is 1. The fraction of sp³-hybridized carbons (Fsp3) is 0.238. The van der Waals surface area contributed by atoms with Crippen molar-refractivity contribution >= 4 is 17.3 Å². The van der Waals surface area contributed by atoms with Gasteiger partial charge in [0.15, 0.2) is 0 Å². The molecule has 1 amide bonds. The van der Waals surface area contributed by atoms with Gasteiger partial charge in [-0.2, -0.15) is 5.10 Å². The van der Waals surface area contributed by atoms with Crippen LogP contribution in [-0.2, 0) is 4.79 Å². The molecule has 0 radical (unpaired) electrons. The fourth-order valence-electron chi connectivity index (χ4n) is 3.43. The van der Waals surface area contributed by atoms with Gasteiger partial charge in [0.1, 0.15) is 0 Å². The second-order valence-corrected chi connectivity index (χ2v) is 6.63. The number of aromatic nitrogens is 2. The monoisotopic (exact) mass is 346 g/mol. The van der Waals surface area contributed by atoms with Gasteiger partial charge in [0, 0.05) is 36.6 Å². The number of anilines is 2. The average molecular weight is 346 g/mol. The summed E-state index contributed by atoms with van der Waals surface area (Å²) in [5.74, 6) is 0.209. The van der Waals surface area contributed by atoms with Gasteiger partial charge in [-0.3, -0.25) is 9.89 Å². The molecule has 0 bridgehead atoms. The molecule has 26 heavy (non-hydrogen) atoms. The Morgan fingerprint density at radius 3 is 2.38 bits per heavy atom. The van der Waals surface area contributed by atoms with E-state index in [-0.39, 0.29) is 11.8 Å². The summed E-state index contributed by atoms with van der Waals surface area (Å²) in [7, 11) is 0. The van der Waals surface area contributed by atoms with Crippen LogP contribution in [0.1, 0.15) is 12.8 Å². The van der Waals surface area contributed by atoms with E-state index in [9.17, 15) is 4.79 Å². The lowest BCUT2D eigenvalue weighted by Gasteiger charge is -2.33. The topological polar surface area (TPSA) is 61.0 Å². The first-order valence-electron chi connectivity index (χ1n) is 9.00. The van der Waals surface area contributed by atoms with Crippen molar-refractivity contribution < 1.29 is 4.79 Å². The van der Waals surface area contributed by atoms with Gasteiger partial charge in [0.05, 0.1) is 5.69 Å². The van der Waals surface area contributed by atoms with Crippen LogP contribution in [0.4, 0.5) is 11.4 Å². The molecule has 0 saturated carbocycles. The van der Waals surface area contributed by atoms with E-state index in [0.29, 0.717) is 0 Å². The number of rotatable bonds is 4. The second kappa shape index (κ2) is 7.44. The third-order valence-corrected chi connectivity index (χ3v) is 4.95. The average Bonchev–Trinajstić information content (AvgIpc) is 3.24. The van der Waals surface area contributed by atoms with E-state index in [1.54, 1.807) is 6.20 Å². The number of carbonyl (C=O) groups is 1. The Bertz CT molecular complexity index is 835. The van der Waals surface area contributed by atoms with Gasteiger partial charge in [-0.1, -0.05) is 30.3 Å². The second-order valence-electron chi connectivity index (χ2n) is 6.63. The Balaban J connectivity index is 1.34. The highest BCUT2D eigenvalue weighted by atomic mass is 16.1. The largest absolute Gasteiger partial charge is 0.371 e. The molecule has 2 heterocycles. The molecule has 1 aliphatic rings. The lowest BCUT2D eigenvalue weighted by molar-refractivity contribution is -0.120. The van der Waals surface area contributed by atoms with Crippen LogP contribution in [0.5, 0.6) is 0 Å². The zero-order valence-corrected chi connectivity index (χ0v) is 14.6. The molecule has 132 valence electrons. The molecule has 4 rings (SSSR count). The number of piperidine rings is 1. The predicted octanol–water partition coefficient (Wildman–Crippen LogP) is 3.93. The summed E-state index contributed by atoms with van der Waals surface area (Å²) in [6, 6.07) is 20.1. The molecule has 2 N–H and O–H groups in total. The molecule has 0 aliphatic carbocycles. The van der Waals surface area contributed by atoms with Crippen molar-refractivity contribution in [2.75, 3.05) is 23.3 Å². The van der Waals surface area contributed by atoms with Gasteiger partial charge in [-0.05, 0) is 48.7 Å². The van der Waals surface area contributed by atoms with Crippen LogP contribution in [0.3, 0.4) is 0 Å². The van der Waals surface area contributed by atoms with Gasteiger partial charge < -0.3 is 10.2 Å². The molecule has 1 aliphatic heterocycles.